The minimum Gasteiger partial charge on any atom is -0.497 e. The smallest absolute Gasteiger partial charge is 0.274 e. The molecule has 1 aliphatic heterocycles. The van der Waals surface area contributed by atoms with Gasteiger partial charge in [0.2, 0.25) is 5.95 Å². The van der Waals surface area contributed by atoms with Crippen molar-refractivity contribution in [3.63, 3.8) is 0 Å². The van der Waals surface area contributed by atoms with Crippen molar-refractivity contribution in [2.45, 2.75) is 25.9 Å². The molecular formula is C18H22N4O3. The molecule has 3 rings (SSSR count). The summed E-state index contributed by atoms with van der Waals surface area (Å²) in [5, 5.41) is 5.98. The van der Waals surface area contributed by atoms with E-state index in [0.29, 0.717) is 29.6 Å². The first-order valence-corrected chi connectivity index (χ1v) is 8.30. The van der Waals surface area contributed by atoms with Crippen LogP contribution in [0.15, 0.2) is 30.3 Å². The Morgan fingerprint density at radius 1 is 1.36 bits per heavy atom. The Labute approximate surface area is 146 Å². The minimum absolute atomic E-state index is 0.179. The zero-order valence-electron chi connectivity index (χ0n) is 14.4. The maximum absolute atomic E-state index is 12.5. The Morgan fingerprint density at radius 2 is 2.24 bits per heavy atom. The number of methoxy groups -OCH3 is 1. The average Bonchev–Trinajstić information content (AvgIpc) is 3.13. The zero-order chi connectivity index (χ0) is 17.6. The largest absolute Gasteiger partial charge is 0.497 e. The third-order valence-electron chi connectivity index (χ3n) is 3.93. The number of carbonyl (C=O) groups excluding carboxylic acids is 1. The number of amides is 1. The lowest BCUT2D eigenvalue weighted by Crippen LogP contribution is -2.21. The van der Waals surface area contributed by atoms with Crippen LogP contribution in [0.4, 0.5) is 11.6 Å². The number of rotatable bonds is 6. The quantitative estimate of drug-likeness (QED) is 0.839. The summed E-state index contributed by atoms with van der Waals surface area (Å²) >= 11 is 0. The van der Waals surface area contributed by atoms with E-state index in [4.69, 9.17) is 9.47 Å². The number of nitrogens with zero attached hydrogens (tertiary/aromatic N) is 2. The van der Waals surface area contributed by atoms with Crippen molar-refractivity contribution in [3.05, 3.63) is 41.7 Å². The van der Waals surface area contributed by atoms with E-state index in [1.807, 2.05) is 19.1 Å². The molecule has 0 aliphatic carbocycles. The summed E-state index contributed by atoms with van der Waals surface area (Å²) in [7, 11) is 1.58. The molecule has 1 aromatic carbocycles. The highest BCUT2D eigenvalue weighted by Crippen LogP contribution is 2.18. The van der Waals surface area contributed by atoms with Gasteiger partial charge in [-0.15, -0.1) is 0 Å². The number of ether oxygens (including phenoxy) is 2. The predicted molar refractivity (Wildman–Crippen MR) is 95.2 cm³/mol. The summed E-state index contributed by atoms with van der Waals surface area (Å²) < 4.78 is 10.7. The van der Waals surface area contributed by atoms with Crippen molar-refractivity contribution in [2.75, 3.05) is 30.9 Å². The molecule has 132 valence electrons. The van der Waals surface area contributed by atoms with Crippen molar-refractivity contribution in [1.29, 1.82) is 0 Å². The third kappa shape index (κ3) is 4.67. The molecule has 1 aromatic heterocycles. The fourth-order valence-electron chi connectivity index (χ4n) is 2.67. The molecule has 25 heavy (non-hydrogen) atoms. The molecule has 0 bridgehead atoms. The van der Waals surface area contributed by atoms with Crippen LogP contribution in [0.1, 0.15) is 29.0 Å². The minimum atomic E-state index is -0.293. The van der Waals surface area contributed by atoms with Gasteiger partial charge < -0.3 is 20.1 Å². The van der Waals surface area contributed by atoms with Crippen LogP contribution >= 0.6 is 0 Å². The van der Waals surface area contributed by atoms with Crippen LogP contribution in [-0.4, -0.2) is 42.2 Å². The van der Waals surface area contributed by atoms with Gasteiger partial charge in [0.05, 0.1) is 13.2 Å². The maximum atomic E-state index is 12.5. The molecule has 1 saturated heterocycles. The number of anilines is 2. The third-order valence-corrected chi connectivity index (χ3v) is 3.93. The summed E-state index contributed by atoms with van der Waals surface area (Å²) in [6, 6.07) is 8.84. The summed E-state index contributed by atoms with van der Waals surface area (Å²) in [4.78, 5) is 21.1. The molecule has 2 heterocycles. The summed E-state index contributed by atoms with van der Waals surface area (Å²) in [6.45, 7) is 3.27. The van der Waals surface area contributed by atoms with E-state index in [2.05, 4.69) is 20.6 Å². The number of hydrogen-bond donors (Lipinski definition) is 2. The number of benzene rings is 1. The van der Waals surface area contributed by atoms with E-state index < -0.39 is 0 Å². The number of nitrogens with one attached hydrogen (secondary N) is 2. The molecular weight excluding hydrogens is 320 g/mol. The van der Waals surface area contributed by atoms with Crippen molar-refractivity contribution >= 4 is 17.5 Å². The van der Waals surface area contributed by atoms with Crippen molar-refractivity contribution in [3.8, 4) is 5.75 Å². The number of carbonyl (C=O) groups is 1. The highest BCUT2D eigenvalue weighted by atomic mass is 16.5. The van der Waals surface area contributed by atoms with E-state index in [1.54, 1.807) is 25.3 Å². The Balaban J connectivity index is 1.68. The van der Waals surface area contributed by atoms with Gasteiger partial charge in [-0.3, -0.25) is 4.79 Å². The van der Waals surface area contributed by atoms with Crippen LogP contribution in [0.25, 0.3) is 0 Å². The Hall–Kier alpha value is -2.67. The van der Waals surface area contributed by atoms with Gasteiger partial charge in [0.1, 0.15) is 11.4 Å². The van der Waals surface area contributed by atoms with Gasteiger partial charge in [-0.25, -0.2) is 9.97 Å². The zero-order valence-corrected chi connectivity index (χ0v) is 14.4. The molecule has 2 N–H and O–H groups in total. The van der Waals surface area contributed by atoms with Gasteiger partial charge in [0.15, 0.2) is 0 Å². The molecule has 7 heteroatoms. The first-order chi connectivity index (χ1) is 12.1. The lowest BCUT2D eigenvalue weighted by atomic mass is 10.2. The predicted octanol–water partition coefficient (Wildman–Crippen LogP) is 2.64. The number of hydrogen-bond acceptors (Lipinski definition) is 6. The molecule has 0 spiro atoms. The molecule has 1 fully saturated rings. The SMILES string of the molecule is COc1cccc(NC(=O)c2cc(C)nc(NCC3CCCO3)n2)c1. The van der Waals surface area contributed by atoms with Crippen molar-refractivity contribution in [1.82, 2.24) is 9.97 Å². The molecule has 7 nitrogen and oxygen atoms in total. The summed E-state index contributed by atoms with van der Waals surface area (Å²) in [6.07, 6.45) is 2.29. The molecule has 0 radical (unpaired) electrons. The van der Waals surface area contributed by atoms with Gasteiger partial charge in [0.25, 0.3) is 5.91 Å². The first-order valence-electron chi connectivity index (χ1n) is 8.30. The van der Waals surface area contributed by atoms with Crippen LogP contribution in [0.2, 0.25) is 0 Å². The van der Waals surface area contributed by atoms with Crippen molar-refractivity contribution < 1.29 is 14.3 Å². The van der Waals surface area contributed by atoms with Crippen LogP contribution in [0.3, 0.4) is 0 Å². The summed E-state index contributed by atoms with van der Waals surface area (Å²) in [5.74, 6) is 0.820. The van der Waals surface area contributed by atoms with E-state index in [-0.39, 0.29) is 12.0 Å². The molecule has 1 aliphatic rings. The van der Waals surface area contributed by atoms with Gasteiger partial charge in [0, 0.05) is 30.6 Å². The van der Waals surface area contributed by atoms with Crippen LogP contribution in [0, 0.1) is 6.92 Å². The highest BCUT2D eigenvalue weighted by molar-refractivity contribution is 6.03. The number of aromatic nitrogens is 2. The Morgan fingerprint density at radius 3 is 3.00 bits per heavy atom. The second-order valence-electron chi connectivity index (χ2n) is 5.92. The van der Waals surface area contributed by atoms with E-state index in [0.717, 1.165) is 25.1 Å². The molecule has 1 atom stereocenters. The Kier molecular flexibility index (Phi) is 5.45. The second-order valence-corrected chi connectivity index (χ2v) is 5.92. The topological polar surface area (TPSA) is 85.4 Å². The average molecular weight is 342 g/mol. The van der Waals surface area contributed by atoms with E-state index >= 15 is 0 Å². The van der Waals surface area contributed by atoms with Gasteiger partial charge in [-0.05, 0) is 38.0 Å². The van der Waals surface area contributed by atoms with Gasteiger partial charge in [-0.2, -0.15) is 0 Å². The molecule has 0 saturated carbocycles. The summed E-state index contributed by atoms with van der Waals surface area (Å²) in [5.41, 5.74) is 1.68. The van der Waals surface area contributed by atoms with Crippen molar-refractivity contribution in [2.24, 2.45) is 0 Å². The van der Waals surface area contributed by atoms with Gasteiger partial charge >= 0.3 is 0 Å². The number of aryl methyl sites for hydroxylation is 1. The maximum Gasteiger partial charge on any atom is 0.274 e. The fraction of sp³-hybridized carbons (Fsp3) is 0.389. The van der Waals surface area contributed by atoms with Crippen LogP contribution < -0.4 is 15.4 Å². The second kappa shape index (κ2) is 7.94. The van der Waals surface area contributed by atoms with Gasteiger partial charge in [-0.1, -0.05) is 6.07 Å². The van der Waals surface area contributed by atoms with E-state index in [1.165, 1.54) is 0 Å². The van der Waals surface area contributed by atoms with E-state index in [9.17, 15) is 4.79 Å². The normalized spacial score (nSPS) is 16.5. The standard InChI is InChI=1S/C18H22N4O3/c1-12-9-16(17(23)21-13-5-3-6-14(10-13)24-2)22-18(20-12)19-11-15-7-4-8-25-15/h3,5-6,9-10,15H,4,7-8,11H2,1-2H3,(H,21,23)(H,19,20,22). The highest BCUT2D eigenvalue weighted by Gasteiger charge is 2.16. The monoisotopic (exact) mass is 342 g/mol. The first kappa shape index (κ1) is 17.2. The van der Waals surface area contributed by atoms with Crippen LogP contribution in [-0.2, 0) is 4.74 Å². The molecule has 1 unspecified atom stereocenters. The fourth-order valence-corrected chi connectivity index (χ4v) is 2.67. The lowest BCUT2D eigenvalue weighted by molar-refractivity contribution is 0.102. The van der Waals surface area contributed by atoms with Crippen LogP contribution in [0.5, 0.6) is 5.75 Å². The lowest BCUT2D eigenvalue weighted by Gasteiger charge is -2.12. The molecule has 1 amide bonds. The Bertz CT molecular complexity index is 745. The molecule has 2 aromatic rings.